The van der Waals surface area contributed by atoms with Gasteiger partial charge in [0, 0.05) is 4.88 Å². The van der Waals surface area contributed by atoms with Crippen LogP contribution in [0.4, 0.5) is 0 Å². The molecule has 0 bridgehead atoms. The van der Waals surface area contributed by atoms with Gasteiger partial charge in [0.2, 0.25) is 5.91 Å². The van der Waals surface area contributed by atoms with E-state index in [-0.39, 0.29) is 18.0 Å². The predicted octanol–water partition coefficient (Wildman–Crippen LogP) is 2.05. The Labute approximate surface area is 94.7 Å². The van der Waals surface area contributed by atoms with E-state index in [2.05, 4.69) is 5.32 Å². The largest absolute Gasteiger partial charge is 0.347 e. The quantitative estimate of drug-likeness (QED) is 0.807. The molecule has 1 aromatic heterocycles. The number of rotatable bonds is 5. The number of hydrogen-bond acceptors (Lipinski definition) is 3. The van der Waals surface area contributed by atoms with Gasteiger partial charge < -0.3 is 11.1 Å². The zero-order chi connectivity index (χ0) is 11.3. The van der Waals surface area contributed by atoms with Gasteiger partial charge in [0.15, 0.2) is 0 Å². The van der Waals surface area contributed by atoms with E-state index in [1.165, 1.54) is 0 Å². The highest BCUT2D eigenvalue weighted by molar-refractivity contribution is 7.10. The zero-order valence-electron chi connectivity index (χ0n) is 9.19. The van der Waals surface area contributed by atoms with Crippen LogP contribution in [-0.2, 0) is 4.79 Å². The summed E-state index contributed by atoms with van der Waals surface area (Å²) in [6.45, 7) is 4.00. The van der Waals surface area contributed by atoms with Crippen LogP contribution in [0, 0.1) is 0 Å². The van der Waals surface area contributed by atoms with Crippen molar-refractivity contribution in [1.82, 2.24) is 5.32 Å². The van der Waals surface area contributed by atoms with Crippen LogP contribution < -0.4 is 11.1 Å². The summed E-state index contributed by atoms with van der Waals surface area (Å²) in [4.78, 5) is 12.8. The van der Waals surface area contributed by atoms with Gasteiger partial charge in [0.25, 0.3) is 0 Å². The summed E-state index contributed by atoms with van der Waals surface area (Å²) in [6.07, 6.45) is 1.67. The van der Waals surface area contributed by atoms with Gasteiger partial charge in [-0.3, -0.25) is 4.79 Å². The van der Waals surface area contributed by atoms with Gasteiger partial charge >= 0.3 is 0 Å². The summed E-state index contributed by atoms with van der Waals surface area (Å²) in [5.74, 6) is -0.0576. The van der Waals surface area contributed by atoms with E-state index < -0.39 is 0 Å². The first kappa shape index (κ1) is 12.2. The molecule has 0 spiro atoms. The molecular weight excluding hydrogens is 208 g/mol. The summed E-state index contributed by atoms with van der Waals surface area (Å²) in [5.41, 5.74) is 5.72. The summed E-state index contributed by atoms with van der Waals surface area (Å²) >= 11 is 1.64. The van der Waals surface area contributed by atoms with Crippen LogP contribution in [0.3, 0.4) is 0 Å². The average Bonchev–Trinajstić information content (AvgIpc) is 2.70. The Kier molecular flexibility index (Phi) is 4.78. The Bertz CT molecular complexity index is 298. The molecule has 0 aromatic carbocycles. The molecule has 0 aliphatic carbocycles. The van der Waals surface area contributed by atoms with Gasteiger partial charge in [0.1, 0.15) is 0 Å². The van der Waals surface area contributed by atoms with Crippen molar-refractivity contribution in [1.29, 1.82) is 0 Å². The van der Waals surface area contributed by atoms with Gasteiger partial charge in [-0.1, -0.05) is 19.4 Å². The van der Waals surface area contributed by atoms with E-state index in [1.807, 2.05) is 31.4 Å². The predicted molar refractivity (Wildman–Crippen MR) is 63.8 cm³/mol. The summed E-state index contributed by atoms with van der Waals surface area (Å²) in [7, 11) is 0. The molecule has 0 saturated carbocycles. The first-order chi connectivity index (χ1) is 7.15. The molecule has 0 aliphatic rings. The minimum absolute atomic E-state index is 0.0559. The lowest BCUT2D eigenvalue weighted by Crippen LogP contribution is -2.41. The number of carbonyl (C=O) groups is 1. The van der Waals surface area contributed by atoms with Crippen LogP contribution in [0.5, 0.6) is 0 Å². The molecule has 0 aliphatic heterocycles. The highest BCUT2D eigenvalue weighted by Crippen LogP contribution is 2.18. The first-order valence-electron chi connectivity index (χ1n) is 5.24. The van der Waals surface area contributed by atoms with Crippen LogP contribution >= 0.6 is 11.3 Å². The maximum Gasteiger partial charge on any atom is 0.237 e. The third-order valence-corrected chi connectivity index (χ3v) is 3.32. The van der Waals surface area contributed by atoms with Crippen molar-refractivity contribution in [2.24, 2.45) is 5.73 Å². The van der Waals surface area contributed by atoms with E-state index in [4.69, 9.17) is 5.73 Å². The third kappa shape index (κ3) is 3.64. The number of hydrogen-bond donors (Lipinski definition) is 2. The van der Waals surface area contributed by atoms with Crippen molar-refractivity contribution in [3.05, 3.63) is 22.4 Å². The smallest absolute Gasteiger partial charge is 0.237 e. The van der Waals surface area contributed by atoms with E-state index >= 15 is 0 Å². The zero-order valence-corrected chi connectivity index (χ0v) is 10.0. The minimum atomic E-state index is -0.377. The molecule has 4 heteroatoms. The van der Waals surface area contributed by atoms with Crippen molar-refractivity contribution in [2.45, 2.75) is 38.8 Å². The molecule has 1 heterocycles. The lowest BCUT2D eigenvalue weighted by atomic mass is 10.1. The van der Waals surface area contributed by atoms with Crippen LogP contribution in [0.2, 0.25) is 0 Å². The number of amides is 1. The molecule has 2 atom stereocenters. The van der Waals surface area contributed by atoms with Crippen molar-refractivity contribution in [2.75, 3.05) is 0 Å². The van der Waals surface area contributed by atoms with Gasteiger partial charge in [-0.25, -0.2) is 0 Å². The van der Waals surface area contributed by atoms with Crippen LogP contribution in [-0.4, -0.2) is 11.9 Å². The third-order valence-electron chi connectivity index (χ3n) is 2.27. The maximum absolute atomic E-state index is 11.6. The maximum atomic E-state index is 11.6. The number of nitrogens with two attached hydrogens (primary N) is 1. The van der Waals surface area contributed by atoms with E-state index in [0.717, 1.165) is 17.7 Å². The molecule has 3 N–H and O–H groups in total. The molecular formula is C11H18N2OS. The molecule has 15 heavy (non-hydrogen) atoms. The van der Waals surface area contributed by atoms with Crippen LogP contribution in [0.1, 0.15) is 37.6 Å². The van der Waals surface area contributed by atoms with Crippen molar-refractivity contribution in [3.63, 3.8) is 0 Å². The highest BCUT2D eigenvalue weighted by Gasteiger charge is 2.15. The van der Waals surface area contributed by atoms with Gasteiger partial charge in [-0.2, -0.15) is 0 Å². The SMILES string of the molecule is CCC[C@@H](N)C(=O)NC(C)c1cccs1. The molecule has 0 radical (unpaired) electrons. The lowest BCUT2D eigenvalue weighted by Gasteiger charge is -2.15. The fourth-order valence-corrected chi connectivity index (χ4v) is 2.11. The molecule has 1 rings (SSSR count). The molecule has 1 aromatic rings. The standard InChI is InChI=1S/C11H18N2OS/c1-3-5-9(12)11(14)13-8(2)10-6-4-7-15-10/h4,6-9H,3,5,12H2,1-2H3,(H,13,14)/t8?,9-/m1/s1. The lowest BCUT2D eigenvalue weighted by molar-refractivity contribution is -0.123. The van der Waals surface area contributed by atoms with E-state index in [9.17, 15) is 4.79 Å². The van der Waals surface area contributed by atoms with Crippen molar-refractivity contribution < 1.29 is 4.79 Å². The average molecular weight is 226 g/mol. The molecule has 1 amide bonds. The summed E-state index contributed by atoms with van der Waals surface area (Å²) in [5, 5.41) is 4.92. The molecule has 84 valence electrons. The topological polar surface area (TPSA) is 55.1 Å². The van der Waals surface area contributed by atoms with Gasteiger partial charge in [-0.05, 0) is 24.8 Å². The van der Waals surface area contributed by atoms with E-state index in [1.54, 1.807) is 11.3 Å². The number of carbonyl (C=O) groups excluding carboxylic acids is 1. The highest BCUT2D eigenvalue weighted by atomic mass is 32.1. The van der Waals surface area contributed by atoms with Crippen LogP contribution in [0.25, 0.3) is 0 Å². The number of nitrogens with one attached hydrogen (secondary N) is 1. The van der Waals surface area contributed by atoms with Gasteiger partial charge in [-0.15, -0.1) is 11.3 Å². The van der Waals surface area contributed by atoms with Crippen molar-refractivity contribution in [3.8, 4) is 0 Å². The normalized spacial score (nSPS) is 14.6. The molecule has 3 nitrogen and oxygen atoms in total. The Morgan fingerprint density at radius 1 is 1.67 bits per heavy atom. The Hall–Kier alpha value is -0.870. The first-order valence-corrected chi connectivity index (χ1v) is 6.12. The van der Waals surface area contributed by atoms with Gasteiger partial charge in [0.05, 0.1) is 12.1 Å². The minimum Gasteiger partial charge on any atom is -0.347 e. The fraction of sp³-hybridized carbons (Fsp3) is 0.545. The Morgan fingerprint density at radius 3 is 2.93 bits per heavy atom. The molecule has 0 fully saturated rings. The number of thiophene rings is 1. The molecule has 1 unspecified atom stereocenters. The second kappa shape index (κ2) is 5.88. The monoisotopic (exact) mass is 226 g/mol. The van der Waals surface area contributed by atoms with Crippen LogP contribution in [0.15, 0.2) is 17.5 Å². The summed E-state index contributed by atoms with van der Waals surface area (Å²) in [6, 6.07) is 3.67. The Balaban J connectivity index is 2.44. The Morgan fingerprint density at radius 2 is 2.40 bits per heavy atom. The second-order valence-corrected chi connectivity index (χ2v) is 4.62. The second-order valence-electron chi connectivity index (χ2n) is 3.64. The van der Waals surface area contributed by atoms with E-state index in [0.29, 0.717) is 0 Å². The summed E-state index contributed by atoms with van der Waals surface area (Å²) < 4.78 is 0. The molecule has 0 saturated heterocycles. The fourth-order valence-electron chi connectivity index (χ4n) is 1.37. The van der Waals surface area contributed by atoms with Crippen molar-refractivity contribution >= 4 is 17.2 Å².